The molecule has 6 nitrogen and oxygen atoms in total. The number of hydrogen-bond acceptors (Lipinski definition) is 4. The summed E-state index contributed by atoms with van der Waals surface area (Å²) in [5, 5.41) is 0. The largest absolute Gasteiger partial charge is 0.378 e. The number of carbonyl (C=O) groups excluding carboxylic acids is 2. The Hall–Kier alpha value is -4.58. The Kier molecular flexibility index (Phi) is 7.82. The van der Waals surface area contributed by atoms with E-state index in [0.717, 1.165) is 44.8 Å². The summed E-state index contributed by atoms with van der Waals surface area (Å²) in [5.74, 6) is -0.923. The van der Waals surface area contributed by atoms with Gasteiger partial charge in [-0.15, -0.1) is 0 Å². The van der Waals surface area contributed by atoms with E-state index in [1.54, 1.807) is 12.1 Å². The lowest BCUT2D eigenvalue weighted by molar-refractivity contribution is 0.0991. The maximum Gasteiger partial charge on any atom is 0.248 e. The van der Waals surface area contributed by atoms with Crippen LogP contribution >= 0.6 is 0 Å². The molecule has 0 radical (unpaired) electrons. The van der Waals surface area contributed by atoms with E-state index >= 15 is 0 Å². The number of amides is 2. The number of nitrogens with two attached hydrogens (primary N) is 2. The van der Waals surface area contributed by atoms with E-state index in [1.807, 2.05) is 52.5 Å². The highest BCUT2D eigenvalue weighted by atomic mass is 16.1. The molecular weight excluding hydrogens is 472 g/mol. The monoisotopic (exact) mass is 506 g/mol. The molecule has 38 heavy (non-hydrogen) atoms. The summed E-state index contributed by atoms with van der Waals surface area (Å²) in [4.78, 5) is 28.4. The summed E-state index contributed by atoms with van der Waals surface area (Å²) in [5.41, 5.74) is 20.6. The summed E-state index contributed by atoms with van der Waals surface area (Å²) >= 11 is 0. The second kappa shape index (κ2) is 11.2. The molecule has 0 aliphatic rings. The Morgan fingerprint density at radius 3 is 1.47 bits per heavy atom. The molecule has 0 saturated carbocycles. The first-order valence-corrected chi connectivity index (χ1v) is 12.5. The van der Waals surface area contributed by atoms with E-state index in [9.17, 15) is 9.59 Å². The average Bonchev–Trinajstić information content (AvgIpc) is 2.90. The Morgan fingerprint density at radius 2 is 1.05 bits per heavy atom. The first-order valence-electron chi connectivity index (χ1n) is 12.5. The van der Waals surface area contributed by atoms with Crippen molar-refractivity contribution in [1.82, 2.24) is 0 Å². The van der Waals surface area contributed by atoms with Gasteiger partial charge in [0.2, 0.25) is 11.8 Å². The quantitative estimate of drug-likeness (QED) is 0.339. The van der Waals surface area contributed by atoms with Crippen LogP contribution in [0, 0.1) is 0 Å². The second-order valence-corrected chi connectivity index (χ2v) is 9.90. The molecule has 0 aliphatic carbocycles. The highest BCUT2D eigenvalue weighted by Crippen LogP contribution is 2.33. The summed E-state index contributed by atoms with van der Waals surface area (Å²) in [6, 6.07) is 27.7. The molecule has 4 N–H and O–H groups in total. The van der Waals surface area contributed by atoms with Gasteiger partial charge >= 0.3 is 0 Å². The molecule has 6 heteroatoms. The van der Waals surface area contributed by atoms with Crippen molar-refractivity contribution >= 4 is 23.2 Å². The Balaban J connectivity index is 1.87. The van der Waals surface area contributed by atoms with Crippen molar-refractivity contribution in [3.63, 3.8) is 0 Å². The number of benzene rings is 4. The third-order valence-corrected chi connectivity index (χ3v) is 6.84. The van der Waals surface area contributed by atoms with Crippen molar-refractivity contribution < 1.29 is 9.59 Å². The first-order chi connectivity index (χ1) is 18.1. The van der Waals surface area contributed by atoms with Crippen molar-refractivity contribution in [2.75, 3.05) is 38.0 Å². The maximum absolute atomic E-state index is 12.6. The number of carbonyl (C=O) groups is 2. The summed E-state index contributed by atoms with van der Waals surface area (Å²) < 4.78 is 0. The van der Waals surface area contributed by atoms with E-state index < -0.39 is 11.8 Å². The SMILES string of the molecule is CN(C)c1ccc(Cc2c(C(N)=O)ccc(-c3ccc(C(N)=O)cc3)c2Cc2ccc(N(C)C)cc2)cc1. The first kappa shape index (κ1) is 26.5. The van der Waals surface area contributed by atoms with E-state index in [2.05, 4.69) is 58.3 Å². The number of nitrogens with zero attached hydrogens (tertiary/aromatic N) is 2. The van der Waals surface area contributed by atoms with Gasteiger partial charge in [-0.2, -0.15) is 0 Å². The molecule has 0 saturated heterocycles. The second-order valence-electron chi connectivity index (χ2n) is 9.90. The van der Waals surface area contributed by atoms with Gasteiger partial charge in [0.15, 0.2) is 0 Å². The molecule has 0 aliphatic heterocycles. The van der Waals surface area contributed by atoms with Gasteiger partial charge in [0.05, 0.1) is 0 Å². The van der Waals surface area contributed by atoms with Gasteiger partial charge in [0.25, 0.3) is 0 Å². The van der Waals surface area contributed by atoms with Crippen LogP contribution in [0.1, 0.15) is 43.0 Å². The molecule has 4 aromatic rings. The highest BCUT2D eigenvalue weighted by Gasteiger charge is 2.19. The predicted octanol–water partition coefficient (Wildman–Crippen LogP) is 4.87. The van der Waals surface area contributed by atoms with Gasteiger partial charge in [0, 0.05) is 50.7 Å². The van der Waals surface area contributed by atoms with Gasteiger partial charge in [-0.25, -0.2) is 0 Å². The van der Waals surface area contributed by atoms with Crippen LogP contribution in [0.25, 0.3) is 11.1 Å². The van der Waals surface area contributed by atoms with Crippen molar-refractivity contribution in [3.05, 3.63) is 118 Å². The molecule has 0 atom stereocenters. The fourth-order valence-corrected chi connectivity index (χ4v) is 4.64. The van der Waals surface area contributed by atoms with Crippen molar-refractivity contribution in [3.8, 4) is 11.1 Å². The minimum absolute atomic E-state index is 0.449. The lowest BCUT2D eigenvalue weighted by Gasteiger charge is -2.20. The summed E-state index contributed by atoms with van der Waals surface area (Å²) in [7, 11) is 8.04. The predicted molar refractivity (Wildman–Crippen MR) is 156 cm³/mol. The zero-order valence-corrected chi connectivity index (χ0v) is 22.4. The van der Waals surface area contributed by atoms with Crippen LogP contribution in [-0.4, -0.2) is 40.0 Å². The van der Waals surface area contributed by atoms with Crippen LogP contribution < -0.4 is 21.3 Å². The standard InChI is InChI=1S/C32H34N4O2/c1-35(2)25-13-5-21(6-14-25)19-29-27(23-9-11-24(12-10-23)31(33)37)17-18-28(32(34)38)30(29)20-22-7-15-26(16-8-22)36(3)4/h5-18H,19-20H2,1-4H3,(H2,33,37)(H2,34,38). The van der Waals surface area contributed by atoms with Gasteiger partial charge < -0.3 is 21.3 Å². The van der Waals surface area contributed by atoms with E-state index in [4.69, 9.17) is 11.5 Å². The number of hydrogen-bond donors (Lipinski definition) is 2. The van der Waals surface area contributed by atoms with Crippen LogP contribution in [0.5, 0.6) is 0 Å². The number of primary amides is 2. The molecule has 0 bridgehead atoms. The normalized spacial score (nSPS) is 10.7. The minimum atomic E-state index is -0.469. The van der Waals surface area contributed by atoms with E-state index in [0.29, 0.717) is 24.0 Å². The van der Waals surface area contributed by atoms with Crippen LogP contribution in [0.3, 0.4) is 0 Å². The molecule has 0 aromatic heterocycles. The average molecular weight is 507 g/mol. The lowest BCUT2D eigenvalue weighted by atomic mass is 9.85. The number of rotatable bonds is 9. The Morgan fingerprint density at radius 1 is 0.579 bits per heavy atom. The highest BCUT2D eigenvalue weighted by molar-refractivity contribution is 5.96. The lowest BCUT2D eigenvalue weighted by Crippen LogP contribution is -2.16. The zero-order valence-electron chi connectivity index (χ0n) is 22.4. The van der Waals surface area contributed by atoms with Crippen LogP contribution in [0.4, 0.5) is 11.4 Å². The zero-order chi connectivity index (χ0) is 27.4. The molecule has 4 aromatic carbocycles. The minimum Gasteiger partial charge on any atom is -0.378 e. The molecular formula is C32H34N4O2. The third kappa shape index (κ3) is 5.86. The molecule has 194 valence electrons. The Labute approximate surface area is 224 Å². The van der Waals surface area contributed by atoms with E-state index in [1.165, 1.54) is 0 Å². The molecule has 0 unspecified atom stereocenters. The van der Waals surface area contributed by atoms with Gasteiger partial charge in [0.1, 0.15) is 0 Å². The van der Waals surface area contributed by atoms with Gasteiger partial charge in [-0.1, -0.05) is 42.5 Å². The van der Waals surface area contributed by atoms with Gasteiger partial charge in [-0.05, 0) is 88.7 Å². The van der Waals surface area contributed by atoms with Crippen molar-refractivity contribution in [2.45, 2.75) is 12.8 Å². The smallest absolute Gasteiger partial charge is 0.248 e. The molecule has 0 fully saturated rings. The van der Waals surface area contributed by atoms with Crippen LogP contribution in [0.15, 0.2) is 84.9 Å². The van der Waals surface area contributed by atoms with Gasteiger partial charge in [-0.3, -0.25) is 9.59 Å². The molecule has 0 spiro atoms. The summed E-state index contributed by atoms with van der Waals surface area (Å²) in [6.07, 6.45) is 1.18. The Bertz CT molecular complexity index is 1440. The van der Waals surface area contributed by atoms with Crippen molar-refractivity contribution in [2.24, 2.45) is 11.5 Å². The molecule has 4 rings (SSSR count). The third-order valence-electron chi connectivity index (χ3n) is 6.84. The number of anilines is 2. The maximum atomic E-state index is 12.6. The van der Waals surface area contributed by atoms with Crippen LogP contribution in [0.2, 0.25) is 0 Å². The van der Waals surface area contributed by atoms with Crippen molar-refractivity contribution in [1.29, 1.82) is 0 Å². The molecule has 2 amide bonds. The van der Waals surface area contributed by atoms with Crippen LogP contribution in [-0.2, 0) is 12.8 Å². The fourth-order valence-electron chi connectivity index (χ4n) is 4.64. The van der Waals surface area contributed by atoms with E-state index in [-0.39, 0.29) is 0 Å². The summed E-state index contributed by atoms with van der Waals surface area (Å²) in [6.45, 7) is 0. The topological polar surface area (TPSA) is 92.7 Å². The fraction of sp³-hybridized carbons (Fsp3) is 0.188. The molecule has 0 heterocycles.